The Kier molecular flexibility index (Phi) is 5.93. The molecule has 0 aliphatic carbocycles. The third-order valence-corrected chi connectivity index (χ3v) is 5.56. The molecule has 1 aliphatic rings. The van der Waals surface area contributed by atoms with Crippen LogP contribution in [0, 0.1) is 5.82 Å². The van der Waals surface area contributed by atoms with Crippen molar-refractivity contribution in [2.24, 2.45) is 0 Å². The van der Waals surface area contributed by atoms with Gasteiger partial charge in [-0.15, -0.1) is 0 Å². The fourth-order valence-electron chi connectivity index (χ4n) is 3.88. The highest BCUT2D eigenvalue weighted by molar-refractivity contribution is 6.33. The number of H-pyrrole nitrogens is 1. The molecule has 7 nitrogen and oxygen atoms in total. The van der Waals surface area contributed by atoms with Crippen molar-refractivity contribution < 1.29 is 28.5 Å². The van der Waals surface area contributed by atoms with Gasteiger partial charge in [0.15, 0.2) is 0 Å². The second-order valence-electron chi connectivity index (χ2n) is 7.77. The molecule has 0 spiro atoms. The van der Waals surface area contributed by atoms with Crippen LogP contribution in [0.5, 0.6) is 0 Å². The van der Waals surface area contributed by atoms with E-state index < -0.39 is 24.2 Å². The molecule has 5 rings (SSSR count). The number of methoxy groups -OCH3 is 1. The number of allylic oxidation sites excluding steroid dienone is 1. The highest BCUT2D eigenvalue weighted by Gasteiger charge is 2.28. The van der Waals surface area contributed by atoms with Crippen LogP contribution >= 0.6 is 0 Å². The molecule has 1 aromatic heterocycles. The van der Waals surface area contributed by atoms with Gasteiger partial charge in [0.05, 0.1) is 17.6 Å². The van der Waals surface area contributed by atoms with Crippen molar-refractivity contribution in [1.29, 1.82) is 0 Å². The number of ether oxygens (including phenoxy) is 3. The molecular weight excluding hydrogens is 439 g/mol. The molecule has 1 saturated heterocycles. The van der Waals surface area contributed by atoms with Gasteiger partial charge in [-0.1, -0.05) is 42.5 Å². The Balaban J connectivity index is 1.62. The number of Topliss-reactive ketones (excluding diaryl/α,β-unsaturated/α-hetero) is 1. The molecule has 3 aromatic carbocycles. The molecule has 0 bridgehead atoms. The summed E-state index contributed by atoms with van der Waals surface area (Å²) >= 11 is 0. The third-order valence-electron chi connectivity index (χ3n) is 5.56. The minimum absolute atomic E-state index is 0.0719. The maximum absolute atomic E-state index is 13.9. The quantitative estimate of drug-likeness (QED) is 0.238. The second-order valence-corrected chi connectivity index (χ2v) is 7.77. The predicted molar refractivity (Wildman–Crippen MR) is 123 cm³/mol. The third kappa shape index (κ3) is 4.22. The fourth-order valence-corrected chi connectivity index (χ4v) is 3.88. The van der Waals surface area contributed by atoms with E-state index in [1.807, 2.05) is 24.3 Å². The summed E-state index contributed by atoms with van der Waals surface area (Å²) in [6.07, 6.45) is -0.397. The summed E-state index contributed by atoms with van der Waals surface area (Å²) in [5, 5.41) is 11.3. The van der Waals surface area contributed by atoms with Gasteiger partial charge in [-0.25, -0.2) is 9.37 Å². The molecule has 2 atom stereocenters. The number of hydrogen-bond acceptors (Lipinski definition) is 6. The Labute approximate surface area is 194 Å². The molecule has 2 N–H and O–H groups in total. The first-order valence-corrected chi connectivity index (χ1v) is 10.6. The van der Waals surface area contributed by atoms with Gasteiger partial charge >= 0.3 is 0 Å². The molecule has 0 radical (unpaired) electrons. The predicted octanol–water partition coefficient (Wildman–Crippen LogP) is 5.03. The Morgan fingerprint density at radius 1 is 1.09 bits per heavy atom. The largest absolute Gasteiger partial charge is 0.506 e. The van der Waals surface area contributed by atoms with E-state index in [1.165, 1.54) is 25.3 Å². The number of aromatic nitrogens is 2. The Hall–Kier alpha value is -3.85. The number of benzene rings is 3. The number of imidazole rings is 1. The average molecular weight is 460 g/mol. The van der Waals surface area contributed by atoms with Crippen LogP contribution in [-0.4, -0.2) is 41.1 Å². The summed E-state index contributed by atoms with van der Waals surface area (Å²) in [5.41, 5.74) is 2.47. The Bertz CT molecular complexity index is 1360. The zero-order chi connectivity index (χ0) is 23.7. The number of halogens is 1. The number of nitrogens with zero attached hydrogens (tertiary/aromatic N) is 1. The summed E-state index contributed by atoms with van der Waals surface area (Å²) in [5.74, 6) is -1.24. The molecule has 34 heavy (non-hydrogen) atoms. The highest BCUT2D eigenvalue weighted by atomic mass is 19.1. The monoisotopic (exact) mass is 460 g/mol. The molecule has 4 aromatic rings. The van der Waals surface area contributed by atoms with Crippen LogP contribution in [-0.2, 0) is 14.2 Å². The number of fused-ring (bicyclic) bond motifs is 1. The normalized spacial score (nSPS) is 18.8. The van der Waals surface area contributed by atoms with E-state index in [0.717, 1.165) is 11.6 Å². The molecule has 0 saturated carbocycles. The van der Waals surface area contributed by atoms with Gasteiger partial charge in [-0.2, -0.15) is 0 Å². The summed E-state index contributed by atoms with van der Waals surface area (Å²) < 4.78 is 30.0. The molecule has 2 heterocycles. The summed E-state index contributed by atoms with van der Waals surface area (Å²) in [6, 6.07) is 19.5. The molecular formula is C26H21FN2O5. The van der Waals surface area contributed by atoms with Crippen LogP contribution in [0.15, 0.2) is 72.8 Å². The Morgan fingerprint density at radius 2 is 1.88 bits per heavy atom. The number of aliphatic hydroxyl groups is 1. The first-order chi connectivity index (χ1) is 16.5. The van der Waals surface area contributed by atoms with E-state index in [1.54, 1.807) is 24.3 Å². The van der Waals surface area contributed by atoms with Crippen molar-refractivity contribution in [3.63, 3.8) is 0 Å². The van der Waals surface area contributed by atoms with E-state index in [0.29, 0.717) is 16.6 Å². The topological polar surface area (TPSA) is 93.7 Å². The van der Waals surface area contributed by atoms with Crippen LogP contribution in [0.1, 0.15) is 33.4 Å². The number of hydrogen-bond donors (Lipinski definition) is 2. The van der Waals surface area contributed by atoms with Crippen molar-refractivity contribution in [3.05, 3.63) is 101 Å². The number of ketones is 1. The lowest BCUT2D eigenvalue weighted by Gasteiger charge is -2.13. The fraction of sp³-hybridized carbons (Fsp3) is 0.154. The highest BCUT2D eigenvalue weighted by Crippen LogP contribution is 2.32. The van der Waals surface area contributed by atoms with E-state index in [4.69, 9.17) is 14.2 Å². The summed E-state index contributed by atoms with van der Waals surface area (Å²) in [4.78, 5) is 21.1. The number of aromatic amines is 1. The van der Waals surface area contributed by atoms with E-state index in [2.05, 4.69) is 9.97 Å². The van der Waals surface area contributed by atoms with Gasteiger partial charge in [-0.05, 0) is 35.9 Å². The summed E-state index contributed by atoms with van der Waals surface area (Å²) in [6.45, 7) is -0.482. The minimum Gasteiger partial charge on any atom is -0.506 e. The SMILES string of the molecule is COC1OCC(c2cccc(/C(O)=C(\C(=O)c3cccc(F)c3)c3nc4ccccc4[nH]3)c2)O1. The number of nitrogens with one attached hydrogen (secondary N) is 1. The zero-order valence-corrected chi connectivity index (χ0v) is 18.2. The van der Waals surface area contributed by atoms with Gasteiger partial charge in [-0.3, -0.25) is 4.79 Å². The van der Waals surface area contributed by atoms with Crippen molar-refractivity contribution in [2.75, 3.05) is 13.7 Å². The smallest absolute Gasteiger partial charge is 0.272 e. The van der Waals surface area contributed by atoms with E-state index >= 15 is 0 Å². The number of aliphatic hydroxyl groups excluding tert-OH is 1. The molecule has 172 valence electrons. The second kappa shape index (κ2) is 9.18. The standard InChI is InChI=1S/C26H21FN2O5/c1-32-26-33-14-21(34-26)15-6-4-7-16(12-15)23(30)22(24(31)17-8-5-9-18(27)13-17)25-28-19-10-2-3-11-20(19)29-25/h2-13,21,26,30H,14H2,1H3,(H,28,29)/b23-22-. The number of rotatable bonds is 6. The summed E-state index contributed by atoms with van der Waals surface area (Å²) in [7, 11) is 1.48. The van der Waals surface area contributed by atoms with Crippen LogP contribution in [0.4, 0.5) is 4.39 Å². The van der Waals surface area contributed by atoms with Gasteiger partial charge in [0, 0.05) is 18.2 Å². The van der Waals surface area contributed by atoms with Crippen molar-refractivity contribution in [2.45, 2.75) is 12.6 Å². The number of carbonyl (C=O) groups excluding carboxylic acids is 1. The van der Waals surface area contributed by atoms with Gasteiger partial charge < -0.3 is 24.3 Å². The van der Waals surface area contributed by atoms with Gasteiger partial charge in [0.1, 0.15) is 29.1 Å². The van der Waals surface area contributed by atoms with Gasteiger partial charge in [0.25, 0.3) is 6.48 Å². The lowest BCUT2D eigenvalue weighted by atomic mass is 9.97. The van der Waals surface area contributed by atoms with Crippen molar-refractivity contribution in [1.82, 2.24) is 9.97 Å². The first-order valence-electron chi connectivity index (χ1n) is 10.6. The van der Waals surface area contributed by atoms with Crippen LogP contribution in [0.25, 0.3) is 22.4 Å². The van der Waals surface area contributed by atoms with Crippen molar-refractivity contribution >= 4 is 28.1 Å². The van der Waals surface area contributed by atoms with Crippen LogP contribution < -0.4 is 0 Å². The molecule has 0 amide bonds. The number of carbonyl (C=O) groups is 1. The molecule has 1 aliphatic heterocycles. The zero-order valence-electron chi connectivity index (χ0n) is 18.2. The molecule has 1 fully saturated rings. The molecule has 2 unspecified atom stereocenters. The van der Waals surface area contributed by atoms with E-state index in [-0.39, 0.29) is 29.3 Å². The van der Waals surface area contributed by atoms with Crippen LogP contribution in [0.2, 0.25) is 0 Å². The average Bonchev–Trinajstić information content (AvgIpc) is 3.51. The number of para-hydroxylation sites is 2. The first kappa shape index (κ1) is 22.0. The lowest BCUT2D eigenvalue weighted by Crippen LogP contribution is -2.10. The van der Waals surface area contributed by atoms with Crippen molar-refractivity contribution in [3.8, 4) is 0 Å². The van der Waals surface area contributed by atoms with Gasteiger partial charge in [0.2, 0.25) is 5.78 Å². The lowest BCUT2D eigenvalue weighted by molar-refractivity contribution is -0.223. The Morgan fingerprint density at radius 3 is 2.65 bits per heavy atom. The minimum atomic E-state index is -0.765. The maximum atomic E-state index is 13.9. The maximum Gasteiger partial charge on any atom is 0.272 e. The molecule has 8 heteroatoms. The van der Waals surface area contributed by atoms with Crippen LogP contribution in [0.3, 0.4) is 0 Å². The van der Waals surface area contributed by atoms with E-state index in [9.17, 15) is 14.3 Å².